The van der Waals surface area contributed by atoms with Crippen LogP contribution < -0.4 is 10.6 Å². The lowest BCUT2D eigenvalue weighted by Crippen LogP contribution is -2.39. The van der Waals surface area contributed by atoms with Crippen LogP contribution in [0.25, 0.3) is 10.1 Å². The van der Waals surface area contributed by atoms with Crippen LogP contribution in [-0.4, -0.2) is 34.4 Å². The number of nitrogens with one attached hydrogen (secondary N) is 2. The van der Waals surface area contributed by atoms with E-state index >= 15 is 0 Å². The Balaban J connectivity index is 0.00000240. The first-order valence-electron chi connectivity index (χ1n) is 9.88. The highest BCUT2D eigenvalue weighted by molar-refractivity contribution is 14.0. The maximum Gasteiger partial charge on any atom is 0.191 e. The summed E-state index contributed by atoms with van der Waals surface area (Å²) in [7, 11) is 1.73. The number of aliphatic hydroxyl groups excluding tert-OH is 1. The third kappa shape index (κ3) is 5.49. The van der Waals surface area contributed by atoms with Crippen molar-refractivity contribution in [1.29, 1.82) is 0 Å². The van der Waals surface area contributed by atoms with Gasteiger partial charge >= 0.3 is 0 Å². The molecule has 3 N–H and O–H groups in total. The number of guanidine groups is 1. The molecule has 29 heavy (non-hydrogen) atoms. The van der Waals surface area contributed by atoms with Crippen LogP contribution in [0.2, 0.25) is 0 Å². The molecule has 2 heterocycles. The number of hydrogen-bond donors (Lipinski definition) is 3. The van der Waals surface area contributed by atoms with E-state index in [1.165, 1.54) is 35.8 Å². The predicted molar refractivity (Wildman–Crippen MR) is 130 cm³/mol. The predicted octanol–water partition coefficient (Wildman–Crippen LogP) is 4.23. The fourth-order valence-electron chi connectivity index (χ4n) is 3.70. The van der Waals surface area contributed by atoms with Crippen molar-refractivity contribution >= 4 is 51.4 Å². The highest BCUT2D eigenvalue weighted by Gasteiger charge is 2.17. The van der Waals surface area contributed by atoms with Crippen LogP contribution >= 0.6 is 35.3 Å². The summed E-state index contributed by atoms with van der Waals surface area (Å²) < 4.78 is 3.29. The van der Waals surface area contributed by atoms with E-state index in [0.29, 0.717) is 25.1 Å². The highest BCUT2D eigenvalue weighted by atomic mass is 127. The highest BCUT2D eigenvalue weighted by Crippen LogP contribution is 2.30. The Hall–Kier alpha value is -1.65. The van der Waals surface area contributed by atoms with Gasteiger partial charge < -0.3 is 15.7 Å². The van der Waals surface area contributed by atoms with Gasteiger partial charge in [-0.25, -0.2) is 0 Å². The molecule has 0 radical (unpaired) electrons. The number of aliphatic imine (C=N–C) groups is 1. The van der Waals surface area contributed by atoms with E-state index in [2.05, 4.69) is 55.9 Å². The van der Waals surface area contributed by atoms with E-state index in [9.17, 15) is 5.11 Å². The van der Waals surface area contributed by atoms with E-state index < -0.39 is 6.10 Å². The van der Waals surface area contributed by atoms with E-state index in [0.717, 1.165) is 10.6 Å². The molecule has 156 valence electrons. The Morgan fingerprint density at radius 2 is 2.07 bits per heavy atom. The number of benzene rings is 1. The van der Waals surface area contributed by atoms with Gasteiger partial charge in [0.05, 0.1) is 18.3 Å². The Morgan fingerprint density at radius 1 is 1.28 bits per heavy atom. The van der Waals surface area contributed by atoms with Crippen LogP contribution in [0.15, 0.2) is 47.6 Å². The molecule has 1 aromatic carbocycles. The molecule has 0 amide bonds. The maximum atomic E-state index is 10.5. The van der Waals surface area contributed by atoms with Crippen molar-refractivity contribution in [1.82, 2.24) is 20.4 Å². The van der Waals surface area contributed by atoms with E-state index in [1.54, 1.807) is 18.4 Å². The maximum absolute atomic E-state index is 10.5. The summed E-state index contributed by atoms with van der Waals surface area (Å²) in [6.45, 7) is 1.02. The standard InChI is InChI=1S/C21H27N5OS.HI/c1-22-21(23-13-16-10-11-26(25-16)17-7-3-4-8-17)24-14-18(27)20-12-15-6-2-5-9-19(15)28-20;/h2,5-6,9-12,17-18,27H,3-4,7-8,13-14H2,1H3,(H2,22,23,24);1H. The quantitative estimate of drug-likeness (QED) is 0.256. The molecule has 1 unspecified atom stereocenters. The minimum absolute atomic E-state index is 0. The average molecular weight is 525 g/mol. The van der Waals surface area contributed by atoms with Gasteiger partial charge in [0, 0.05) is 29.4 Å². The molecule has 1 aliphatic rings. The second-order valence-corrected chi connectivity index (χ2v) is 8.35. The van der Waals surface area contributed by atoms with Crippen molar-refractivity contribution in [2.75, 3.05) is 13.6 Å². The number of rotatable bonds is 6. The van der Waals surface area contributed by atoms with Gasteiger partial charge in [-0.2, -0.15) is 5.10 Å². The van der Waals surface area contributed by atoms with Crippen LogP contribution in [0.4, 0.5) is 0 Å². The fraction of sp³-hybridized carbons (Fsp3) is 0.429. The van der Waals surface area contributed by atoms with Crippen LogP contribution in [-0.2, 0) is 6.54 Å². The van der Waals surface area contributed by atoms with Gasteiger partial charge in [-0.05, 0) is 36.4 Å². The number of fused-ring (bicyclic) bond motifs is 1. The smallest absolute Gasteiger partial charge is 0.191 e. The largest absolute Gasteiger partial charge is 0.386 e. The number of thiophene rings is 1. The summed E-state index contributed by atoms with van der Waals surface area (Å²) in [6, 6.07) is 12.9. The van der Waals surface area contributed by atoms with Crippen molar-refractivity contribution < 1.29 is 5.11 Å². The number of halogens is 1. The normalized spacial score (nSPS) is 16.0. The molecule has 0 aliphatic heterocycles. The van der Waals surface area contributed by atoms with Crippen LogP contribution in [0.3, 0.4) is 0 Å². The van der Waals surface area contributed by atoms with Crippen molar-refractivity contribution in [2.45, 2.75) is 44.4 Å². The van der Waals surface area contributed by atoms with E-state index in [-0.39, 0.29) is 24.0 Å². The molecule has 1 atom stereocenters. The third-order valence-corrected chi connectivity index (χ3v) is 6.48. The molecule has 1 saturated carbocycles. The van der Waals surface area contributed by atoms with Crippen LogP contribution in [0.5, 0.6) is 0 Å². The molecule has 8 heteroatoms. The molecule has 1 fully saturated rings. The molecule has 0 bridgehead atoms. The number of aliphatic hydroxyl groups is 1. The molecular formula is C21H28IN5OS. The Labute approximate surface area is 192 Å². The number of nitrogens with zero attached hydrogens (tertiary/aromatic N) is 3. The third-order valence-electron chi connectivity index (χ3n) is 5.26. The topological polar surface area (TPSA) is 74.5 Å². The first-order valence-corrected chi connectivity index (χ1v) is 10.7. The summed E-state index contributed by atoms with van der Waals surface area (Å²) in [5, 5.41) is 22.9. The Morgan fingerprint density at radius 3 is 2.83 bits per heavy atom. The van der Waals surface area contributed by atoms with Gasteiger partial charge in [-0.1, -0.05) is 31.0 Å². The van der Waals surface area contributed by atoms with Gasteiger partial charge in [0.25, 0.3) is 0 Å². The Kier molecular flexibility index (Phi) is 7.91. The van der Waals surface area contributed by atoms with Crippen molar-refractivity contribution in [2.24, 2.45) is 4.99 Å². The minimum atomic E-state index is -0.572. The van der Waals surface area contributed by atoms with Crippen LogP contribution in [0.1, 0.15) is 48.4 Å². The van der Waals surface area contributed by atoms with Crippen molar-refractivity contribution in [3.05, 3.63) is 53.2 Å². The second-order valence-electron chi connectivity index (χ2n) is 7.23. The Bertz CT molecular complexity index is 914. The van der Waals surface area contributed by atoms with Crippen LogP contribution in [0, 0.1) is 0 Å². The zero-order chi connectivity index (χ0) is 19.3. The summed E-state index contributed by atoms with van der Waals surface area (Å²) in [4.78, 5) is 5.21. The van der Waals surface area contributed by atoms with Crippen molar-refractivity contribution in [3.8, 4) is 0 Å². The molecule has 1 aliphatic carbocycles. The molecular weight excluding hydrogens is 497 g/mol. The monoisotopic (exact) mass is 525 g/mol. The number of aromatic nitrogens is 2. The molecule has 0 saturated heterocycles. The molecule has 0 spiro atoms. The summed E-state index contributed by atoms with van der Waals surface area (Å²) in [5.74, 6) is 0.663. The van der Waals surface area contributed by atoms with E-state index in [1.807, 2.05) is 12.1 Å². The lowest BCUT2D eigenvalue weighted by atomic mass is 10.2. The molecule has 6 nitrogen and oxygen atoms in total. The summed E-state index contributed by atoms with van der Waals surface area (Å²) in [6.07, 6.45) is 6.57. The SMILES string of the molecule is CN=C(NCc1ccn(C2CCCC2)n1)NCC(O)c1cc2ccccc2s1.I. The zero-order valence-corrected chi connectivity index (χ0v) is 19.7. The number of hydrogen-bond acceptors (Lipinski definition) is 4. The first kappa shape index (κ1) is 22.0. The first-order chi connectivity index (χ1) is 13.7. The van der Waals surface area contributed by atoms with Gasteiger partial charge in [0.1, 0.15) is 6.10 Å². The van der Waals surface area contributed by atoms with Crippen molar-refractivity contribution in [3.63, 3.8) is 0 Å². The van der Waals surface area contributed by atoms with Gasteiger partial charge in [0.15, 0.2) is 5.96 Å². The lowest BCUT2D eigenvalue weighted by Gasteiger charge is -2.14. The lowest BCUT2D eigenvalue weighted by molar-refractivity contribution is 0.184. The van der Waals surface area contributed by atoms with E-state index in [4.69, 9.17) is 0 Å². The molecule has 2 aromatic heterocycles. The second kappa shape index (κ2) is 10.4. The summed E-state index contributed by atoms with van der Waals surface area (Å²) >= 11 is 1.63. The zero-order valence-electron chi connectivity index (χ0n) is 16.5. The molecule has 4 rings (SSSR count). The van der Waals surface area contributed by atoms with Gasteiger partial charge in [0.2, 0.25) is 0 Å². The van der Waals surface area contributed by atoms with Gasteiger partial charge in [-0.15, -0.1) is 35.3 Å². The average Bonchev–Trinajstić information content (AvgIpc) is 3.47. The molecule has 3 aromatic rings. The fourth-order valence-corrected chi connectivity index (χ4v) is 4.75. The van der Waals surface area contributed by atoms with Gasteiger partial charge in [-0.3, -0.25) is 9.67 Å². The summed E-state index contributed by atoms with van der Waals surface area (Å²) in [5.41, 5.74) is 1.000. The minimum Gasteiger partial charge on any atom is -0.386 e.